The molecule has 1 heterocycles. The van der Waals surface area contributed by atoms with Gasteiger partial charge in [0.2, 0.25) is 0 Å². The average molecular weight is 400 g/mol. The van der Waals surface area contributed by atoms with Crippen molar-refractivity contribution in [2.75, 3.05) is 5.32 Å². The lowest BCUT2D eigenvalue weighted by Crippen LogP contribution is -2.32. The van der Waals surface area contributed by atoms with Crippen molar-refractivity contribution in [3.8, 4) is 0 Å². The number of hydrogen-bond donors (Lipinski definition) is 1. The summed E-state index contributed by atoms with van der Waals surface area (Å²) < 4.78 is 14.2. The van der Waals surface area contributed by atoms with E-state index in [1.807, 2.05) is 42.5 Å². The Morgan fingerprint density at radius 1 is 0.833 bits per heavy atom. The highest BCUT2D eigenvalue weighted by molar-refractivity contribution is 6.36. The summed E-state index contributed by atoms with van der Waals surface area (Å²) >= 11 is 0. The van der Waals surface area contributed by atoms with Crippen LogP contribution in [-0.2, 0) is 22.6 Å². The van der Waals surface area contributed by atoms with Crippen LogP contribution < -0.4 is 5.32 Å². The fraction of sp³-hybridized carbons (Fsp3) is 0.120. The summed E-state index contributed by atoms with van der Waals surface area (Å²) in [4.78, 5) is 27.5. The van der Waals surface area contributed by atoms with Gasteiger partial charge in [-0.1, -0.05) is 67.6 Å². The van der Waals surface area contributed by atoms with E-state index in [1.54, 1.807) is 30.3 Å². The molecule has 0 saturated heterocycles. The second-order valence-electron chi connectivity index (χ2n) is 7.08. The van der Waals surface area contributed by atoms with Crippen molar-refractivity contribution in [2.45, 2.75) is 19.9 Å². The van der Waals surface area contributed by atoms with Gasteiger partial charge >= 0.3 is 0 Å². The molecule has 2 amide bonds. The Morgan fingerprint density at radius 2 is 1.50 bits per heavy atom. The summed E-state index contributed by atoms with van der Waals surface area (Å²) in [5.74, 6) is -1.36. The minimum Gasteiger partial charge on any atom is -0.350 e. The van der Waals surface area contributed by atoms with Gasteiger partial charge in [0.15, 0.2) is 0 Å². The van der Waals surface area contributed by atoms with E-state index in [-0.39, 0.29) is 17.8 Å². The number of rotatable bonds is 6. The molecule has 0 aliphatic carbocycles. The third kappa shape index (κ3) is 3.74. The molecule has 5 heteroatoms. The molecular formula is C25H21FN2O2. The van der Waals surface area contributed by atoms with Gasteiger partial charge in [-0.3, -0.25) is 14.5 Å². The number of imide groups is 1. The van der Waals surface area contributed by atoms with E-state index in [4.69, 9.17) is 0 Å². The predicted molar refractivity (Wildman–Crippen MR) is 115 cm³/mol. The quantitative estimate of drug-likeness (QED) is 0.606. The zero-order chi connectivity index (χ0) is 21.1. The van der Waals surface area contributed by atoms with E-state index >= 15 is 0 Å². The number of aryl methyl sites for hydroxylation is 1. The topological polar surface area (TPSA) is 49.4 Å². The van der Waals surface area contributed by atoms with Gasteiger partial charge in [-0.25, -0.2) is 4.39 Å². The second kappa shape index (κ2) is 8.33. The van der Waals surface area contributed by atoms with Crippen molar-refractivity contribution in [1.29, 1.82) is 0 Å². The van der Waals surface area contributed by atoms with E-state index in [1.165, 1.54) is 11.6 Å². The summed E-state index contributed by atoms with van der Waals surface area (Å²) in [5.41, 5.74) is 3.31. The third-order valence-corrected chi connectivity index (χ3v) is 5.15. The first-order valence-electron chi connectivity index (χ1n) is 9.83. The fourth-order valence-electron chi connectivity index (χ4n) is 3.47. The molecule has 0 saturated carbocycles. The van der Waals surface area contributed by atoms with Gasteiger partial charge in [-0.05, 0) is 35.7 Å². The first-order chi connectivity index (χ1) is 14.6. The number of halogens is 1. The molecule has 0 fully saturated rings. The van der Waals surface area contributed by atoms with Crippen LogP contribution in [0.1, 0.15) is 23.6 Å². The number of anilines is 1. The van der Waals surface area contributed by atoms with Crippen LogP contribution >= 0.6 is 0 Å². The van der Waals surface area contributed by atoms with Crippen molar-refractivity contribution in [2.24, 2.45) is 0 Å². The van der Waals surface area contributed by atoms with E-state index in [0.717, 1.165) is 11.3 Å². The molecule has 1 N–H and O–H groups in total. The molecule has 1 aliphatic heterocycles. The third-order valence-electron chi connectivity index (χ3n) is 5.15. The van der Waals surface area contributed by atoms with Crippen LogP contribution in [0.25, 0.3) is 5.57 Å². The molecule has 4 nitrogen and oxygen atoms in total. The normalized spacial score (nSPS) is 13.9. The van der Waals surface area contributed by atoms with E-state index < -0.39 is 17.6 Å². The molecule has 0 unspecified atom stereocenters. The standard InChI is InChI=1S/C25H21FN2O2/c1-2-17-12-14-20(15-13-17)27-23-22(18-8-4-3-5-9-18)24(29)28(25(23)30)16-19-10-6-7-11-21(19)26/h3-15,27H,2,16H2,1H3. The monoisotopic (exact) mass is 400 g/mol. The summed E-state index contributed by atoms with van der Waals surface area (Å²) in [6.07, 6.45) is 0.909. The van der Waals surface area contributed by atoms with Gasteiger partial charge in [-0.15, -0.1) is 0 Å². The number of nitrogens with one attached hydrogen (secondary N) is 1. The van der Waals surface area contributed by atoms with E-state index in [0.29, 0.717) is 16.8 Å². The van der Waals surface area contributed by atoms with Crippen LogP contribution in [0.5, 0.6) is 0 Å². The molecular weight excluding hydrogens is 379 g/mol. The molecule has 1 aliphatic rings. The molecule has 0 bridgehead atoms. The van der Waals surface area contributed by atoms with Gasteiger partial charge in [0.1, 0.15) is 11.5 Å². The maximum Gasteiger partial charge on any atom is 0.278 e. The molecule has 150 valence electrons. The van der Waals surface area contributed by atoms with Crippen LogP contribution in [-0.4, -0.2) is 16.7 Å². The predicted octanol–water partition coefficient (Wildman–Crippen LogP) is 4.78. The van der Waals surface area contributed by atoms with Crippen molar-refractivity contribution < 1.29 is 14.0 Å². The number of hydrogen-bond acceptors (Lipinski definition) is 3. The van der Waals surface area contributed by atoms with Crippen molar-refractivity contribution >= 4 is 23.1 Å². The van der Waals surface area contributed by atoms with Crippen molar-refractivity contribution in [3.05, 3.63) is 107 Å². The average Bonchev–Trinajstić information content (AvgIpc) is 3.00. The number of nitrogens with zero attached hydrogens (tertiary/aromatic N) is 1. The number of benzene rings is 3. The Kier molecular flexibility index (Phi) is 5.44. The molecule has 0 spiro atoms. The summed E-state index contributed by atoms with van der Waals surface area (Å²) in [6, 6.07) is 22.9. The number of amides is 2. The van der Waals surface area contributed by atoms with Crippen molar-refractivity contribution in [3.63, 3.8) is 0 Å². The Labute approximate surface area is 174 Å². The smallest absolute Gasteiger partial charge is 0.278 e. The van der Waals surface area contributed by atoms with Crippen molar-refractivity contribution in [1.82, 2.24) is 4.90 Å². The van der Waals surface area contributed by atoms with Crippen LogP contribution in [0.2, 0.25) is 0 Å². The molecule has 4 rings (SSSR count). The zero-order valence-electron chi connectivity index (χ0n) is 16.6. The highest BCUT2D eigenvalue weighted by atomic mass is 19.1. The zero-order valence-corrected chi connectivity index (χ0v) is 16.6. The van der Waals surface area contributed by atoms with Gasteiger partial charge in [0, 0.05) is 11.3 Å². The maximum absolute atomic E-state index is 14.2. The fourth-order valence-corrected chi connectivity index (χ4v) is 3.47. The Morgan fingerprint density at radius 3 is 2.17 bits per heavy atom. The SMILES string of the molecule is CCc1ccc(NC2=C(c3ccccc3)C(=O)N(Cc3ccccc3F)C2=O)cc1. The van der Waals surface area contributed by atoms with E-state index in [9.17, 15) is 14.0 Å². The molecule has 3 aromatic rings. The van der Waals surface area contributed by atoms with Crippen LogP contribution in [0, 0.1) is 5.82 Å². The van der Waals surface area contributed by atoms with Gasteiger partial charge in [-0.2, -0.15) is 0 Å². The van der Waals surface area contributed by atoms with E-state index in [2.05, 4.69) is 12.2 Å². The van der Waals surface area contributed by atoms with Gasteiger partial charge in [0.25, 0.3) is 11.8 Å². The van der Waals surface area contributed by atoms with Crippen LogP contribution in [0.4, 0.5) is 10.1 Å². The second-order valence-corrected chi connectivity index (χ2v) is 7.08. The molecule has 0 radical (unpaired) electrons. The summed E-state index contributed by atoms with van der Waals surface area (Å²) in [5, 5.41) is 3.13. The van der Waals surface area contributed by atoms with Crippen LogP contribution in [0.15, 0.2) is 84.6 Å². The highest BCUT2D eigenvalue weighted by Crippen LogP contribution is 2.31. The lowest BCUT2D eigenvalue weighted by Gasteiger charge is -2.16. The summed E-state index contributed by atoms with van der Waals surface area (Å²) in [7, 11) is 0. The lowest BCUT2D eigenvalue weighted by atomic mass is 10.0. The lowest BCUT2D eigenvalue weighted by molar-refractivity contribution is -0.137. The Hall–Kier alpha value is -3.73. The van der Waals surface area contributed by atoms with Crippen LogP contribution in [0.3, 0.4) is 0 Å². The molecule has 0 atom stereocenters. The summed E-state index contributed by atoms with van der Waals surface area (Å²) in [6.45, 7) is 1.94. The minimum atomic E-state index is -0.471. The Balaban J connectivity index is 1.72. The first kappa shape index (κ1) is 19.6. The minimum absolute atomic E-state index is 0.124. The molecule has 30 heavy (non-hydrogen) atoms. The molecule has 0 aromatic heterocycles. The number of carbonyl (C=O) groups is 2. The van der Waals surface area contributed by atoms with Gasteiger partial charge < -0.3 is 5.32 Å². The Bertz CT molecular complexity index is 1120. The molecule has 3 aromatic carbocycles. The number of carbonyl (C=O) groups excluding carboxylic acids is 2. The van der Waals surface area contributed by atoms with Gasteiger partial charge in [0.05, 0.1) is 12.1 Å². The first-order valence-corrected chi connectivity index (χ1v) is 9.83. The largest absolute Gasteiger partial charge is 0.350 e. The highest BCUT2D eigenvalue weighted by Gasteiger charge is 2.39. The maximum atomic E-state index is 14.2.